The van der Waals surface area contributed by atoms with Crippen LogP contribution < -0.4 is 5.32 Å². The number of anilines is 1. The molecule has 2 amide bonds. The first kappa shape index (κ1) is 18.1. The summed E-state index contributed by atoms with van der Waals surface area (Å²) in [4.78, 5) is 26.8. The number of nitrogens with zero attached hydrogens (tertiary/aromatic N) is 3. The van der Waals surface area contributed by atoms with Crippen molar-refractivity contribution in [2.45, 2.75) is 51.0 Å². The van der Waals surface area contributed by atoms with E-state index in [1.54, 1.807) is 0 Å². The lowest BCUT2D eigenvalue weighted by molar-refractivity contribution is -0.129. The van der Waals surface area contributed by atoms with E-state index in [4.69, 9.17) is 0 Å². The molecule has 1 saturated heterocycles. The van der Waals surface area contributed by atoms with Crippen LogP contribution in [0.4, 0.5) is 5.13 Å². The molecule has 27 heavy (non-hydrogen) atoms. The van der Waals surface area contributed by atoms with Crippen LogP contribution in [-0.2, 0) is 22.4 Å². The molecule has 1 aliphatic carbocycles. The lowest BCUT2D eigenvalue weighted by atomic mass is 10.1. The molecule has 2 aromatic rings. The fourth-order valence-corrected chi connectivity index (χ4v) is 4.73. The molecule has 0 radical (unpaired) electrons. The molecule has 2 fully saturated rings. The van der Waals surface area contributed by atoms with Gasteiger partial charge in [-0.05, 0) is 24.8 Å². The predicted octanol–water partition coefficient (Wildman–Crippen LogP) is 3.05. The zero-order valence-electron chi connectivity index (χ0n) is 15.3. The van der Waals surface area contributed by atoms with Gasteiger partial charge in [-0.25, -0.2) is 0 Å². The quantitative estimate of drug-likeness (QED) is 0.831. The van der Waals surface area contributed by atoms with Gasteiger partial charge in [0.05, 0.1) is 5.92 Å². The highest BCUT2D eigenvalue weighted by molar-refractivity contribution is 7.15. The van der Waals surface area contributed by atoms with Crippen LogP contribution >= 0.6 is 11.3 Å². The number of amides is 2. The summed E-state index contributed by atoms with van der Waals surface area (Å²) in [5, 5.41) is 12.6. The molecule has 142 valence electrons. The normalized spacial score (nSPS) is 20.4. The van der Waals surface area contributed by atoms with Crippen molar-refractivity contribution in [1.82, 2.24) is 15.1 Å². The SMILES string of the molecule is O=C(Nc1nnc(CCc2ccccc2)s1)[C@H]1CC(=O)N(C2CCCC2)C1. The van der Waals surface area contributed by atoms with E-state index in [9.17, 15) is 9.59 Å². The molecular formula is C20H24N4O2S. The smallest absolute Gasteiger partial charge is 0.231 e. The van der Waals surface area contributed by atoms with Crippen LogP contribution in [0.5, 0.6) is 0 Å². The van der Waals surface area contributed by atoms with E-state index in [2.05, 4.69) is 27.6 Å². The van der Waals surface area contributed by atoms with Crippen LogP contribution in [0.15, 0.2) is 30.3 Å². The van der Waals surface area contributed by atoms with Crippen molar-refractivity contribution >= 4 is 28.3 Å². The number of aryl methyl sites for hydroxylation is 2. The first-order valence-corrected chi connectivity index (χ1v) is 10.5. The molecule has 1 saturated carbocycles. The zero-order chi connectivity index (χ0) is 18.6. The molecule has 2 aliphatic rings. The summed E-state index contributed by atoms with van der Waals surface area (Å²) < 4.78 is 0. The minimum atomic E-state index is -0.283. The van der Waals surface area contributed by atoms with Gasteiger partial charge in [-0.15, -0.1) is 10.2 Å². The Balaban J connectivity index is 1.29. The number of benzene rings is 1. The van der Waals surface area contributed by atoms with Gasteiger partial charge in [0.25, 0.3) is 0 Å². The van der Waals surface area contributed by atoms with E-state index in [0.717, 1.165) is 30.7 Å². The molecule has 1 atom stereocenters. The van der Waals surface area contributed by atoms with Gasteiger partial charge in [0.15, 0.2) is 0 Å². The number of aromatic nitrogens is 2. The minimum absolute atomic E-state index is 0.114. The predicted molar refractivity (Wildman–Crippen MR) is 104 cm³/mol. The van der Waals surface area contributed by atoms with Crippen molar-refractivity contribution in [3.63, 3.8) is 0 Å². The fourth-order valence-electron chi connectivity index (χ4n) is 3.98. The Labute approximate surface area is 163 Å². The Morgan fingerprint density at radius 3 is 2.70 bits per heavy atom. The summed E-state index contributed by atoms with van der Waals surface area (Å²) in [6.07, 6.45) is 6.51. The summed E-state index contributed by atoms with van der Waals surface area (Å²) in [6, 6.07) is 10.6. The van der Waals surface area contributed by atoms with Gasteiger partial charge < -0.3 is 10.2 Å². The second kappa shape index (κ2) is 8.17. The van der Waals surface area contributed by atoms with Crippen LogP contribution in [0, 0.1) is 5.92 Å². The van der Waals surface area contributed by atoms with Crippen molar-refractivity contribution < 1.29 is 9.59 Å². The average Bonchev–Trinajstić information content (AvgIpc) is 3.41. The molecule has 6 nitrogen and oxygen atoms in total. The van der Waals surface area contributed by atoms with E-state index < -0.39 is 0 Å². The highest BCUT2D eigenvalue weighted by Crippen LogP contribution is 2.30. The molecule has 1 N–H and O–H groups in total. The Kier molecular flexibility index (Phi) is 5.48. The van der Waals surface area contributed by atoms with Gasteiger partial charge in [0.1, 0.15) is 5.01 Å². The highest BCUT2D eigenvalue weighted by atomic mass is 32.1. The number of hydrogen-bond donors (Lipinski definition) is 1. The maximum Gasteiger partial charge on any atom is 0.231 e. The number of hydrogen-bond acceptors (Lipinski definition) is 5. The summed E-state index contributed by atoms with van der Waals surface area (Å²) in [6.45, 7) is 0.537. The van der Waals surface area contributed by atoms with E-state index in [-0.39, 0.29) is 17.7 Å². The van der Waals surface area contributed by atoms with Crippen molar-refractivity contribution in [2.24, 2.45) is 5.92 Å². The fraction of sp³-hybridized carbons (Fsp3) is 0.500. The highest BCUT2D eigenvalue weighted by Gasteiger charge is 2.38. The number of nitrogens with one attached hydrogen (secondary N) is 1. The number of carbonyl (C=O) groups excluding carboxylic acids is 2. The molecule has 7 heteroatoms. The summed E-state index contributed by atoms with van der Waals surface area (Å²) in [7, 11) is 0. The first-order valence-electron chi connectivity index (χ1n) is 9.65. The van der Waals surface area contributed by atoms with E-state index >= 15 is 0 Å². The Morgan fingerprint density at radius 1 is 1.15 bits per heavy atom. The summed E-state index contributed by atoms with van der Waals surface area (Å²) in [5.41, 5.74) is 1.26. The molecule has 0 spiro atoms. The maximum atomic E-state index is 12.6. The first-order chi connectivity index (χ1) is 13.2. The van der Waals surface area contributed by atoms with Crippen LogP contribution in [-0.4, -0.2) is 39.5 Å². The maximum absolute atomic E-state index is 12.6. The second-order valence-electron chi connectivity index (χ2n) is 7.36. The Morgan fingerprint density at radius 2 is 1.93 bits per heavy atom. The molecule has 0 bridgehead atoms. The molecule has 1 aliphatic heterocycles. The third-order valence-corrected chi connectivity index (χ3v) is 6.36. The van der Waals surface area contributed by atoms with Gasteiger partial charge in [-0.1, -0.05) is 54.5 Å². The topological polar surface area (TPSA) is 75.2 Å². The summed E-state index contributed by atoms with van der Waals surface area (Å²) >= 11 is 1.41. The number of likely N-dealkylation sites (tertiary alicyclic amines) is 1. The lowest BCUT2D eigenvalue weighted by Crippen LogP contribution is -2.35. The Hall–Kier alpha value is -2.28. The van der Waals surface area contributed by atoms with Crippen LogP contribution in [0.3, 0.4) is 0 Å². The molecule has 1 aromatic carbocycles. The van der Waals surface area contributed by atoms with Crippen molar-refractivity contribution in [3.05, 3.63) is 40.9 Å². The average molecular weight is 385 g/mol. The van der Waals surface area contributed by atoms with Crippen molar-refractivity contribution in [1.29, 1.82) is 0 Å². The standard InChI is InChI=1S/C20H24N4O2S/c25-18-12-15(13-24(18)16-8-4-5-9-16)19(26)21-20-23-22-17(27-20)11-10-14-6-2-1-3-7-14/h1-3,6-7,15-16H,4-5,8-13H2,(H,21,23,26)/t15-/m0/s1. The lowest BCUT2D eigenvalue weighted by Gasteiger charge is -2.23. The van der Waals surface area contributed by atoms with Crippen molar-refractivity contribution in [3.8, 4) is 0 Å². The van der Waals surface area contributed by atoms with Crippen LogP contribution in [0.1, 0.15) is 42.7 Å². The summed E-state index contributed by atoms with van der Waals surface area (Å²) in [5.74, 6) is -0.285. The van der Waals surface area contributed by atoms with Crippen molar-refractivity contribution in [2.75, 3.05) is 11.9 Å². The van der Waals surface area contributed by atoms with E-state index in [0.29, 0.717) is 24.1 Å². The van der Waals surface area contributed by atoms with E-state index in [1.165, 1.54) is 29.7 Å². The van der Waals surface area contributed by atoms with Gasteiger partial charge in [0, 0.05) is 25.4 Å². The van der Waals surface area contributed by atoms with Gasteiger partial charge >= 0.3 is 0 Å². The molecular weight excluding hydrogens is 360 g/mol. The number of rotatable bonds is 6. The third-order valence-electron chi connectivity index (χ3n) is 5.46. The van der Waals surface area contributed by atoms with Crippen LogP contribution in [0.2, 0.25) is 0 Å². The molecule has 4 rings (SSSR count). The Bertz CT molecular complexity index is 801. The minimum Gasteiger partial charge on any atom is -0.339 e. The van der Waals surface area contributed by atoms with E-state index in [1.807, 2.05) is 23.1 Å². The van der Waals surface area contributed by atoms with Gasteiger partial charge in [0.2, 0.25) is 16.9 Å². The largest absolute Gasteiger partial charge is 0.339 e. The molecule has 2 heterocycles. The van der Waals surface area contributed by atoms with Gasteiger partial charge in [-0.2, -0.15) is 0 Å². The third kappa shape index (κ3) is 4.35. The second-order valence-corrected chi connectivity index (χ2v) is 8.42. The monoisotopic (exact) mass is 384 g/mol. The number of carbonyl (C=O) groups is 2. The van der Waals surface area contributed by atoms with Crippen LogP contribution in [0.25, 0.3) is 0 Å². The van der Waals surface area contributed by atoms with Gasteiger partial charge in [-0.3, -0.25) is 9.59 Å². The molecule has 0 unspecified atom stereocenters. The zero-order valence-corrected chi connectivity index (χ0v) is 16.1. The molecule has 1 aromatic heterocycles.